The molecule has 0 unspecified atom stereocenters. The van der Waals surface area contributed by atoms with E-state index in [1.54, 1.807) is 19.1 Å². The number of fused-ring (bicyclic) bond motifs is 1. The summed E-state index contributed by atoms with van der Waals surface area (Å²) in [6.07, 6.45) is -0.524. The van der Waals surface area contributed by atoms with E-state index >= 15 is 0 Å². The maximum absolute atomic E-state index is 13.2. The Morgan fingerprint density at radius 1 is 0.914 bits per heavy atom. The molecule has 7 heteroatoms. The Kier molecular flexibility index (Phi) is 7.26. The lowest BCUT2D eigenvalue weighted by Crippen LogP contribution is -2.44. The topological polar surface area (TPSA) is 94.8 Å². The zero-order valence-corrected chi connectivity index (χ0v) is 19.4. The van der Waals surface area contributed by atoms with Crippen LogP contribution in [0.25, 0.3) is 11.0 Å². The number of ether oxygens (including phenoxy) is 2. The molecule has 0 radical (unpaired) electrons. The van der Waals surface area contributed by atoms with Crippen LogP contribution in [0.2, 0.25) is 0 Å². The summed E-state index contributed by atoms with van der Waals surface area (Å²) in [4.78, 5) is 37.5. The van der Waals surface area contributed by atoms with Crippen molar-refractivity contribution in [2.75, 3.05) is 0 Å². The third-order valence-corrected chi connectivity index (χ3v) is 5.60. The molecule has 178 valence electrons. The van der Waals surface area contributed by atoms with Gasteiger partial charge in [0.05, 0.1) is 0 Å². The van der Waals surface area contributed by atoms with Crippen LogP contribution in [0.5, 0.6) is 5.75 Å². The molecule has 3 aromatic carbocycles. The molecule has 0 spiro atoms. The van der Waals surface area contributed by atoms with Gasteiger partial charge in [-0.15, -0.1) is 0 Å². The monoisotopic (exact) mass is 471 g/mol. The molecular weight excluding hydrogens is 446 g/mol. The third-order valence-electron chi connectivity index (χ3n) is 5.60. The van der Waals surface area contributed by atoms with Crippen LogP contribution in [0.3, 0.4) is 0 Å². The van der Waals surface area contributed by atoms with E-state index in [9.17, 15) is 14.4 Å². The van der Waals surface area contributed by atoms with Gasteiger partial charge >= 0.3 is 17.7 Å². The minimum Gasteiger partial charge on any atom is -0.445 e. The molecule has 1 amide bonds. The summed E-state index contributed by atoms with van der Waals surface area (Å²) in [6.45, 7) is 3.59. The first-order chi connectivity index (χ1) is 16.9. The maximum Gasteiger partial charge on any atom is 0.408 e. The molecule has 0 aliphatic heterocycles. The highest BCUT2D eigenvalue weighted by molar-refractivity contribution is 5.87. The van der Waals surface area contributed by atoms with E-state index in [0.29, 0.717) is 11.1 Å². The highest BCUT2D eigenvalue weighted by atomic mass is 16.6. The van der Waals surface area contributed by atoms with E-state index in [2.05, 4.69) is 5.32 Å². The van der Waals surface area contributed by atoms with Crippen molar-refractivity contribution in [3.63, 3.8) is 0 Å². The Morgan fingerprint density at radius 3 is 2.26 bits per heavy atom. The lowest BCUT2D eigenvalue weighted by molar-refractivity contribution is -0.136. The number of carbonyl (C=O) groups is 2. The van der Waals surface area contributed by atoms with Crippen LogP contribution in [0, 0.1) is 13.8 Å². The number of benzene rings is 3. The normalized spacial score (nSPS) is 11.6. The third kappa shape index (κ3) is 5.95. The van der Waals surface area contributed by atoms with E-state index in [1.165, 1.54) is 6.07 Å². The second kappa shape index (κ2) is 10.7. The number of rotatable bonds is 7. The van der Waals surface area contributed by atoms with Crippen LogP contribution in [0.1, 0.15) is 22.3 Å². The number of aryl methyl sites for hydroxylation is 2. The van der Waals surface area contributed by atoms with Crippen LogP contribution in [-0.4, -0.2) is 18.1 Å². The standard InChI is InChI=1S/C28H25NO6/c1-18-15-25(30)35-26-19(2)24(14-13-22(18)26)34-27(31)23(16-20-9-5-3-6-10-20)29-28(32)33-17-21-11-7-4-8-12-21/h3-15,23H,16-17H2,1-2H3,(H,29,32)/t23-/m1/s1. The quantitative estimate of drug-likeness (QED) is 0.235. The molecule has 35 heavy (non-hydrogen) atoms. The van der Waals surface area contributed by atoms with Crippen LogP contribution in [0.15, 0.2) is 88.1 Å². The number of carbonyl (C=O) groups excluding carboxylic acids is 2. The minimum absolute atomic E-state index is 0.0714. The van der Waals surface area contributed by atoms with Crippen molar-refractivity contribution in [3.8, 4) is 5.75 Å². The number of amides is 1. The van der Waals surface area contributed by atoms with E-state index in [0.717, 1.165) is 22.1 Å². The Morgan fingerprint density at radius 2 is 1.57 bits per heavy atom. The first-order valence-electron chi connectivity index (χ1n) is 11.2. The summed E-state index contributed by atoms with van der Waals surface area (Å²) >= 11 is 0. The number of hydrogen-bond acceptors (Lipinski definition) is 6. The SMILES string of the molecule is Cc1cc(=O)oc2c(C)c(OC(=O)[C@@H](Cc3ccccc3)NC(=O)OCc3ccccc3)ccc12. The first-order valence-corrected chi connectivity index (χ1v) is 11.2. The van der Waals surface area contributed by atoms with E-state index < -0.39 is 23.7 Å². The van der Waals surface area contributed by atoms with Gasteiger partial charge in [-0.05, 0) is 42.7 Å². The Balaban J connectivity index is 1.53. The molecule has 1 N–H and O–H groups in total. The molecule has 1 aromatic heterocycles. The highest BCUT2D eigenvalue weighted by Gasteiger charge is 2.25. The fraction of sp³-hybridized carbons (Fsp3) is 0.179. The summed E-state index contributed by atoms with van der Waals surface area (Å²) < 4.78 is 16.3. The Hall–Kier alpha value is -4.39. The van der Waals surface area contributed by atoms with Crippen molar-refractivity contribution in [2.45, 2.75) is 32.9 Å². The van der Waals surface area contributed by atoms with E-state index in [-0.39, 0.29) is 18.8 Å². The summed E-state index contributed by atoms with van der Waals surface area (Å²) in [6, 6.07) is 22.3. The smallest absolute Gasteiger partial charge is 0.408 e. The molecule has 0 aliphatic rings. The van der Waals surface area contributed by atoms with Crippen molar-refractivity contribution in [1.29, 1.82) is 0 Å². The molecule has 0 aliphatic carbocycles. The average Bonchev–Trinajstić information content (AvgIpc) is 2.85. The van der Waals surface area contributed by atoms with Crippen LogP contribution < -0.4 is 15.7 Å². The lowest BCUT2D eigenvalue weighted by Gasteiger charge is -2.18. The van der Waals surface area contributed by atoms with Gasteiger partial charge in [-0.25, -0.2) is 14.4 Å². The van der Waals surface area contributed by atoms with Gasteiger partial charge in [-0.3, -0.25) is 0 Å². The number of nitrogens with one attached hydrogen (secondary N) is 1. The van der Waals surface area contributed by atoms with Crippen molar-refractivity contribution in [3.05, 3.63) is 112 Å². The molecule has 0 fully saturated rings. The largest absolute Gasteiger partial charge is 0.445 e. The van der Waals surface area contributed by atoms with E-state index in [1.807, 2.05) is 67.6 Å². The summed E-state index contributed by atoms with van der Waals surface area (Å²) in [5, 5.41) is 3.38. The molecule has 0 bridgehead atoms. The second-order valence-corrected chi connectivity index (χ2v) is 8.18. The van der Waals surface area contributed by atoms with Crippen molar-refractivity contribution in [1.82, 2.24) is 5.32 Å². The number of esters is 1. The summed E-state index contributed by atoms with van der Waals surface area (Å²) in [5.74, 6) is -0.420. The van der Waals surface area contributed by atoms with Gasteiger partial charge in [0.15, 0.2) is 0 Å². The molecule has 1 heterocycles. The maximum atomic E-state index is 13.2. The lowest BCUT2D eigenvalue weighted by atomic mass is 10.1. The molecular formula is C28H25NO6. The Bertz CT molecular complexity index is 1400. The fourth-order valence-electron chi connectivity index (χ4n) is 3.74. The zero-order valence-electron chi connectivity index (χ0n) is 19.4. The molecule has 4 rings (SSSR count). The van der Waals surface area contributed by atoms with Gasteiger partial charge in [0.25, 0.3) is 0 Å². The average molecular weight is 472 g/mol. The zero-order chi connectivity index (χ0) is 24.8. The van der Waals surface area contributed by atoms with Gasteiger partial charge in [0.1, 0.15) is 24.0 Å². The van der Waals surface area contributed by atoms with Gasteiger partial charge in [-0.2, -0.15) is 0 Å². The molecule has 1 atom stereocenters. The number of hydrogen-bond donors (Lipinski definition) is 1. The van der Waals surface area contributed by atoms with Crippen LogP contribution in [0.4, 0.5) is 4.79 Å². The second-order valence-electron chi connectivity index (χ2n) is 8.18. The predicted octanol–water partition coefficient (Wildman–Crippen LogP) is 4.85. The van der Waals surface area contributed by atoms with Gasteiger partial charge in [-0.1, -0.05) is 60.7 Å². The van der Waals surface area contributed by atoms with Crippen LogP contribution >= 0.6 is 0 Å². The fourth-order valence-corrected chi connectivity index (χ4v) is 3.74. The first kappa shape index (κ1) is 23.8. The minimum atomic E-state index is -1.000. The van der Waals surface area contributed by atoms with Crippen LogP contribution in [-0.2, 0) is 22.6 Å². The van der Waals surface area contributed by atoms with Crippen molar-refractivity contribution >= 4 is 23.0 Å². The molecule has 0 saturated heterocycles. The molecule has 0 saturated carbocycles. The highest BCUT2D eigenvalue weighted by Crippen LogP contribution is 2.28. The van der Waals surface area contributed by atoms with Gasteiger partial charge in [0.2, 0.25) is 0 Å². The summed E-state index contributed by atoms with van der Waals surface area (Å²) in [7, 11) is 0. The van der Waals surface area contributed by atoms with E-state index in [4.69, 9.17) is 13.9 Å². The molecule has 7 nitrogen and oxygen atoms in total. The molecule has 4 aromatic rings. The van der Waals surface area contributed by atoms with Gasteiger partial charge < -0.3 is 19.2 Å². The number of alkyl carbamates (subject to hydrolysis) is 1. The van der Waals surface area contributed by atoms with Crippen molar-refractivity contribution in [2.24, 2.45) is 0 Å². The van der Waals surface area contributed by atoms with Crippen molar-refractivity contribution < 1.29 is 23.5 Å². The summed E-state index contributed by atoms with van der Waals surface area (Å²) in [5.41, 5.74) is 2.83. The Labute approximate surface area is 202 Å². The van der Waals surface area contributed by atoms with Gasteiger partial charge in [0, 0.05) is 23.4 Å². The predicted molar refractivity (Wildman–Crippen MR) is 131 cm³/mol.